The number of aliphatic hydroxyl groups is 2. The number of ether oxygens (including phenoxy) is 1. The number of tetrazole rings is 1. The fraction of sp³-hybridized carbons (Fsp3) is 0.462. The highest BCUT2D eigenvalue weighted by Crippen LogP contribution is 2.25. The lowest BCUT2D eigenvalue weighted by Gasteiger charge is -2.18. The molecule has 3 aromatic rings. The summed E-state index contributed by atoms with van der Waals surface area (Å²) in [5.74, 6) is 5.00. The summed E-state index contributed by atoms with van der Waals surface area (Å²) in [6.07, 6.45) is -4.11. The second-order valence-corrected chi connectivity index (χ2v) is 12.4. The van der Waals surface area contributed by atoms with Crippen molar-refractivity contribution in [1.29, 1.82) is 0 Å². The first-order chi connectivity index (χ1) is 20.9. The van der Waals surface area contributed by atoms with Gasteiger partial charge in [-0.25, -0.2) is 4.72 Å². The Balaban J connectivity index is 1.27. The van der Waals surface area contributed by atoms with Crippen LogP contribution in [0.5, 0.6) is 0 Å². The van der Waals surface area contributed by atoms with Gasteiger partial charge in [0.05, 0.1) is 35.1 Å². The van der Waals surface area contributed by atoms with Gasteiger partial charge in [0.25, 0.3) is 5.91 Å². The summed E-state index contributed by atoms with van der Waals surface area (Å²) in [7, 11) is -4.53. The molecular weight excluding hydrogens is 618 g/mol. The van der Waals surface area contributed by atoms with Crippen LogP contribution >= 0.6 is 11.3 Å². The van der Waals surface area contributed by atoms with Crippen molar-refractivity contribution in [3.05, 3.63) is 57.0 Å². The van der Waals surface area contributed by atoms with Crippen LogP contribution in [0.2, 0.25) is 0 Å². The van der Waals surface area contributed by atoms with Crippen LogP contribution in [-0.4, -0.2) is 86.7 Å². The number of carbonyl (C=O) groups excluding carboxylic acids is 1. The summed E-state index contributed by atoms with van der Waals surface area (Å²) in [6, 6.07) is 8.96. The molecule has 1 aliphatic heterocycles. The van der Waals surface area contributed by atoms with Crippen LogP contribution in [0.15, 0.2) is 36.4 Å². The molecule has 1 aromatic carbocycles. The highest BCUT2D eigenvalue weighted by Gasteiger charge is 2.43. The van der Waals surface area contributed by atoms with Crippen LogP contribution in [0, 0.1) is 27.9 Å². The molecular formula is C26H31N7O9S2. The summed E-state index contributed by atoms with van der Waals surface area (Å²) in [5, 5.41) is 44.0. The molecule has 5 N–H and O–H groups in total. The van der Waals surface area contributed by atoms with Gasteiger partial charge in [0, 0.05) is 17.2 Å². The van der Waals surface area contributed by atoms with E-state index in [-0.39, 0.29) is 23.9 Å². The molecule has 1 aliphatic rings. The molecule has 0 saturated carbocycles. The Hall–Kier alpha value is -3.83. The first-order valence-corrected chi connectivity index (χ1v) is 15.7. The normalized spacial score (nSPS) is 21.3. The Morgan fingerprint density at radius 3 is 2.59 bits per heavy atom. The zero-order chi connectivity index (χ0) is 32.0. The molecule has 0 unspecified atom stereocenters. The number of rotatable bonds is 12. The molecule has 0 radical (unpaired) electrons. The smallest absolute Gasteiger partial charge is 0.362 e. The van der Waals surface area contributed by atoms with Gasteiger partial charge in [0.15, 0.2) is 0 Å². The number of hydrogen-bond acceptors (Lipinski definition) is 14. The van der Waals surface area contributed by atoms with Gasteiger partial charge in [-0.2, -0.15) is 13.2 Å². The van der Waals surface area contributed by atoms with Crippen LogP contribution in [0.25, 0.3) is 11.4 Å². The maximum absolute atomic E-state index is 12.2. The standard InChI is InChI=1S/C26H31N7O9S2/c1-3-15(2)22(27)26(36)30-44(39,40)41-14-20-24(35)23(34)19(42-20)12-13-32-29-25(28-31-32)17-7-4-16(5-8-17)6-9-18-10-11-21(43-18)33(37)38/h4-5,7-8,10-11,15,19-20,22-24,34-35H,3,12-14,27H2,1-2H3,(H,30,36)/t15-,19-,20+,22-,23-,24+/m0/s1. The van der Waals surface area contributed by atoms with E-state index in [0.717, 1.165) is 11.3 Å². The number of aryl methyl sites for hydroxylation is 1. The van der Waals surface area contributed by atoms with E-state index in [4.69, 9.17) is 14.7 Å². The second-order valence-electron chi connectivity index (χ2n) is 10.0. The third kappa shape index (κ3) is 8.41. The van der Waals surface area contributed by atoms with Crippen LogP contribution in [-0.2, 0) is 30.6 Å². The van der Waals surface area contributed by atoms with Crippen molar-refractivity contribution in [3.8, 4) is 23.2 Å². The van der Waals surface area contributed by atoms with Gasteiger partial charge in [-0.15, -0.1) is 10.2 Å². The second kappa shape index (κ2) is 14.3. The molecule has 2 aromatic heterocycles. The molecule has 1 amide bonds. The van der Waals surface area contributed by atoms with Crippen molar-refractivity contribution in [2.24, 2.45) is 11.7 Å². The molecule has 0 aliphatic carbocycles. The quantitative estimate of drug-likeness (QED) is 0.118. The lowest BCUT2D eigenvalue weighted by Crippen LogP contribution is -2.47. The summed E-state index contributed by atoms with van der Waals surface area (Å²) in [4.78, 5) is 24.3. The molecule has 3 heterocycles. The van der Waals surface area contributed by atoms with E-state index in [0.29, 0.717) is 28.2 Å². The maximum Gasteiger partial charge on any atom is 0.362 e. The van der Waals surface area contributed by atoms with Crippen molar-refractivity contribution < 1.29 is 37.3 Å². The van der Waals surface area contributed by atoms with E-state index in [9.17, 15) is 33.5 Å². The molecule has 1 fully saturated rings. The molecule has 6 atom stereocenters. The zero-order valence-corrected chi connectivity index (χ0v) is 25.3. The number of nitrogens with zero attached hydrogens (tertiary/aromatic N) is 5. The fourth-order valence-corrected chi connectivity index (χ4v) is 5.55. The third-order valence-electron chi connectivity index (χ3n) is 6.95. The molecule has 4 rings (SSSR count). The van der Waals surface area contributed by atoms with Gasteiger partial charge in [0.1, 0.15) is 18.3 Å². The number of hydrogen-bond donors (Lipinski definition) is 4. The number of carbonyl (C=O) groups is 1. The third-order valence-corrected chi connectivity index (χ3v) is 8.80. The molecule has 0 bridgehead atoms. The molecule has 16 nitrogen and oxygen atoms in total. The molecule has 1 saturated heterocycles. The number of nitrogens with two attached hydrogens (primary N) is 1. The van der Waals surface area contributed by atoms with Gasteiger partial charge < -0.3 is 20.7 Å². The van der Waals surface area contributed by atoms with Crippen molar-refractivity contribution >= 4 is 32.5 Å². The number of benzene rings is 1. The van der Waals surface area contributed by atoms with Crippen molar-refractivity contribution in [2.75, 3.05) is 6.61 Å². The monoisotopic (exact) mass is 649 g/mol. The Labute approximate surface area is 256 Å². The highest BCUT2D eigenvalue weighted by atomic mass is 32.2. The van der Waals surface area contributed by atoms with Crippen LogP contribution < -0.4 is 10.5 Å². The topological polar surface area (TPSA) is 235 Å². The van der Waals surface area contributed by atoms with Crippen LogP contribution in [0.1, 0.15) is 37.1 Å². The van der Waals surface area contributed by atoms with E-state index in [1.54, 1.807) is 42.0 Å². The van der Waals surface area contributed by atoms with E-state index in [1.807, 2.05) is 6.92 Å². The Morgan fingerprint density at radius 2 is 1.93 bits per heavy atom. The molecule has 236 valence electrons. The van der Waals surface area contributed by atoms with E-state index in [1.165, 1.54) is 10.9 Å². The van der Waals surface area contributed by atoms with E-state index in [2.05, 4.69) is 27.3 Å². The van der Waals surface area contributed by atoms with Crippen molar-refractivity contribution in [2.45, 2.75) is 63.7 Å². The maximum atomic E-state index is 12.2. The minimum absolute atomic E-state index is 0.0220. The predicted molar refractivity (Wildman–Crippen MR) is 156 cm³/mol. The lowest BCUT2D eigenvalue weighted by atomic mass is 10.00. The van der Waals surface area contributed by atoms with Gasteiger partial charge in [-0.05, 0) is 47.9 Å². The largest absolute Gasteiger partial charge is 0.388 e. The number of aliphatic hydroxyl groups excluding tert-OH is 2. The Morgan fingerprint density at radius 1 is 1.23 bits per heavy atom. The predicted octanol–water partition coefficient (Wildman–Crippen LogP) is 0.340. The highest BCUT2D eigenvalue weighted by molar-refractivity contribution is 7.85. The number of nitrogens with one attached hydrogen (secondary N) is 1. The molecule has 44 heavy (non-hydrogen) atoms. The van der Waals surface area contributed by atoms with Crippen LogP contribution in [0.4, 0.5) is 5.00 Å². The Kier molecular flexibility index (Phi) is 10.7. The van der Waals surface area contributed by atoms with Gasteiger partial charge in [0.2, 0.25) is 5.82 Å². The summed E-state index contributed by atoms with van der Waals surface area (Å²) >= 11 is 0.994. The van der Waals surface area contributed by atoms with Gasteiger partial charge in [-0.3, -0.25) is 19.1 Å². The van der Waals surface area contributed by atoms with E-state index >= 15 is 0 Å². The minimum atomic E-state index is -4.53. The van der Waals surface area contributed by atoms with Crippen molar-refractivity contribution in [3.63, 3.8) is 0 Å². The average molecular weight is 650 g/mol. The molecule has 0 spiro atoms. The fourth-order valence-electron chi connectivity index (χ4n) is 4.12. The summed E-state index contributed by atoms with van der Waals surface area (Å²) in [6.45, 7) is 3.04. The summed E-state index contributed by atoms with van der Waals surface area (Å²) < 4.78 is 36.5. The lowest BCUT2D eigenvalue weighted by molar-refractivity contribution is -0.380. The Bertz CT molecular complexity index is 1630. The number of aromatic nitrogens is 4. The minimum Gasteiger partial charge on any atom is -0.388 e. The molecule has 18 heteroatoms. The van der Waals surface area contributed by atoms with Gasteiger partial charge in [-0.1, -0.05) is 43.4 Å². The number of nitro groups is 1. The SMILES string of the molecule is CC[C@H](C)[C@H](N)C(=O)NS(=O)(=O)OC[C@H]1O[C@@H](CCn2nnc(-c3ccc(C#Cc4ccc([N+](=O)[O-])s4)cc3)n2)[C@H](O)[C@@H]1O. The number of amides is 1. The number of thiophene rings is 1. The van der Waals surface area contributed by atoms with Gasteiger partial charge >= 0.3 is 15.3 Å². The van der Waals surface area contributed by atoms with Crippen molar-refractivity contribution in [1.82, 2.24) is 24.9 Å². The summed E-state index contributed by atoms with van der Waals surface area (Å²) in [5.41, 5.74) is 7.10. The first kappa shape index (κ1) is 33.1. The average Bonchev–Trinajstić information content (AvgIpc) is 3.74. The van der Waals surface area contributed by atoms with Crippen LogP contribution in [0.3, 0.4) is 0 Å². The zero-order valence-electron chi connectivity index (χ0n) is 23.6. The first-order valence-electron chi connectivity index (χ1n) is 13.5. The van der Waals surface area contributed by atoms with E-state index < -0.39 is 58.2 Å².